The smallest absolute Gasteiger partial charge is 0.352 e. The maximum absolute atomic E-state index is 12.2. The zero-order valence-electron chi connectivity index (χ0n) is 17.7. The number of benzene rings is 1. The van der Waals surface area contributed by atoms with E-state index in [1.165, 1.54) is 0 Å². The number of hydrogen-bond donors (Lipinski definition) is 3. The second-order valence-corrected chi connectivity index (χ2v) is 8.53. The van der Waals surface area contributed by atoms with Crippen LogP contribution in [0.15, 0.2) is 23.4 Å². The number of carbonyl (C=O) groups excluding carboxylic acids is 1. The number of nitriles is 1. The second-order valence-electron chi connectivity index (χ2n) is 8.53. The monoisotopic (exact) mass is 419 g/mol. The van der Waals surface area contributed by atoms with E-state index in [0.717, 1.165) is 12.7 Å². The lowest BCUT2D eigenvalue weighted by Crippen LogP contribution is -2.51. The number of rotatable bonds is 8. The molecule has 0 fully saturated rings. The highest BCUT2D eigenvalue weighted by Crippen LogP contribution is 2.39. The summed E-state index contributed by atoms with van der Waals surface area (Å²) in [6, 6.07) is 6.92. The molecule has 164 valence electrons. The number of esters is 1. The first kappa shape index (κ1) is 23.7. The van der Waals surface area contributed by atoms with Crippen LogP contribution in [0.3, 0.4) is 0 Å². The Balaban J connectivity index is 2.24. The summed E-state index contributed by atoms with van der Waals surface area (Å²) in [4.78, 5) is 23.7. The van der Waals surface area contributed by atoms with Gasteiger partial charge >= 0.3 is 5.97 Å². The van der Waals surface area contributed by atoms with Crippen molar-refractivity contribution >= 4 is 5.97 Å². The topological polar surface area (TPSA) is 141 Å². The number of methoxy groups -OCH3 is 1. The first-order chi connectivity index (χ1) is 14.1. The fourth-order valence-corrected chi connectivity index (χ4v) is 3.55. The van der Waals surface area contributed by atoms with Crippen LogP contribution in [0.2, 0.25) is 0 Å². The molecule has 9 nitrogen and oxygen atoms in total. The zero-order valence-corrected chi connectivity index (χ0v) is 17.7. The van der Waals surface area contributed by atoms with Gasteiger partial charge in [-0.1, -0.05) is 12.1 Å². The number of nitroso groups, excluding NO2 is 1. The van der Waals surface area contributed by atoms with E-state index in [1.54, 1.807) is 24.3 Å². The first-order valence-electron chi connectivity index (χ1n) is 9.77. The number of nitrogens with one attached hydrogen (secondary N) is 1. The lowest BCUT2D eigenvalue weighted by atomic mass is 9.71. The van der Waals surface area contributed by atoms with Crippen LogP contribution < -0.4 is 10.1 Å². The van der Waals surface area contributed by atoms with Gasteiger partial charge in [-0.2, -0.15) is 5.26 Å². The highest BCUT2D eigenvalue weighted by Gasteiger charge is 2.54. The third-order valence-electron chi connectivity index (χ3n) is 5.19. The van der Waals surface area contributed by atoms with Gasteiger partial charge in [-0.25, -0.2) is 4.79 Å². The molecule has 0 aromatic heterocycles. The fraction of sp³-hybridized carbons (Fsp3) is 0.619. The minimum absolute atomic E-state index is 0.0252. The van der Waals surface area contributed by atoms with Gasteiger partial charge in [0.15, 0.2) is 0 Å². The summed E-state index contributed by atoms with van der Waals surface area (Å²) in [5.41, 5.74) is -1.06. The second kappa shape index (κ2) is 9.51. The van der Waals surface area contributed by atoms with Crippen molar-refractivity contribution in [1.29, 1.82) is 5.26 Å². The van der Waals surface area contributed by atoms with Gasteiger partial charge in [0.1, 0.15) is 24.5 Å². The number of β-amino-alcohol motifs (C(OH)–C–C–N with tert-alkyl or cyclic N) is 1. The molecule has 1 aliphatic carbocycles. The molecule has 0 radical (unpaired) electrons. The highest BCUT2D eigenvalue weighted by molar-refractivity contribution is 5.85. The number of hydrogen-bond acceptors (Lipinski definition) is 9. The predicted molar refractivity (Wildman–Crippen MR) is 109 cm³/mol. The van der Waals surface area contributed by atoms with Crippen molar-refractivity contribution < 1.29 is 24.5 Å². The fourth-order valence-electron chi connectivity index (χ4n) is 3.55. The van der Waals surface area contributed by atoms with Gasteiger partial charge in [-0.3, -0.25) is 0 Å². The average Bonchev–Trinajstić information content (AvgIpc) is 2.71. The van der Waals surface area contributed by atoms with Crippen LogP contribution in [-0.2, 0) is 22.4 Å². The zero-order chi connectivity index (χ0) is 22.5. The minimum Gasteiger partial charge on any atom is -0.491 e. The number of aliphatic hydroxyl groups is 2. The minimum atomic E-state index is -2.35. The summed E-state index contributed by atoms with van der Waals surface area (Å²) in [6.45, 7) is 6.34. The molecular formula is C21H29N3O6. The molecule has 2 rings (SSSR count). The number of carbonyl (C=O) groups is 1. The Morgan fingerprint density at radius 1 is 1.40 bits per heavy atom. The van der Waals surface area contributed by atoms with Crippen molar-refractivity contribution in [2.45, 2.75) is 56.9 Å². The molecule has 0 spiro atoms. The maximum Gasteiger partial charge on any atom is 0.352 e. The van der Waals surface area contributed by atoms with E-state index in [2.05, 4.69) is 15.2 Å². The van der Waals surface area contributed by atoms with E-state index < -0.39 is 29.6 Å². The number of aliphatic hydroxyl groups excluding tert-OH is 2. The largest absolute Gasteiger partial charge is 0.491 e. The van der Waals surface area contributed by atoms with Crippen LogP contribution >= 0.6 is 0 Å². The molecule has 1 aromatic rings. The first-order valence-corrected chi connectivity index (χ1v) is 9.77. The van der Waals surface area contributed by atoms with E-state index in [9.17, 15) is 25.2 Å². The predicted octanol–water partition coefficient (Wildman–Crippen LogP) is 1.09. The Kier molecular flexibility index (Phi) is 7.53. The molecule has 0 aliphatic heterocycles. The molecule has 0 heterocycles. The van der Waals surface area contributed by atoms with Crippen LogP contribution in [0, 0.1) is 22.2 Å². The van der Waals surface area contributed by atoms with Crippen molar-refractivity contribution in [2.75, 3.05) is 20.3 Å². The molecule has 1 aromatic carbocycles. The summed E-state index contributed by atoms with van der Waals surface area (Å²) >= 11 is 0. The summed E-state index contributed by atoms with van der Waals surface area (Å²) in [5, 5.41) is 36.3. The summed E-state index contributed by atoms with van der Waals surface area (Å²) in [7, 11) is 1.06. The van der Waals surface area contributed by atoms with Crippen LogP contribution in [0.1, 0.15) is 31.9 Å². The van der Waals surface area contributed by atoms with Gasteiger partial charge < -0.3 is 25.0 Å². The molecular weight excluding hydrogens is 390 g/mol. The molecule has 0 saturated heterocycles. The summed E-state index contributed by atoms with van der Waals surface area (Å²) in [6.07, 6.45) is -1.74. The van der Waals surface area contributed by atoms with E-state index in [0.29, 0.717) is 17.9 Å². The highest BCUT2D eigenvalue weighted by atomic mass is 16.5. The molecule has 1 aliphatic rings. The van der Waals surface area contributed by atoms with E-state index in [-0.39, 0.29) is 25.0 Å². The Morgan fingerprint density at radius 2 is 2.10 bits per heavy atom. The Labute approximate surface area is 176 Å². The maximum atomic E-state index is 12.2. The van der Waals surface area contributed by atoms with Crippen molar-refractivity contribution in [3.63, 3.8) is 0 Å². The van der Waals surface area contributed by atoms with Crippen molar-refractivity contribution in [3.05, 3.63) is 34.2 Å². The third kappa shape index (κ3) is 5.14. The lowest BCUT2D eigenvalue weighted by molar-refractivity contribution is -0.148. The SMILES string of the molecule is COC(=O)C(C#N)(N=O)C1Cc2c(cccc2OCC(O)CNC(C)(C)C)CC1O. The Hall–Kier alpha value is -2.54. The van der Waals surface area contributed by atoms with E-state index in [4.69, 9.17) is 4.74 Å². The Bertz CT molecular complexity index is 816. The number of nitrogens with zero attached hydrogens (tertiary/aromatic N) is 2. The average molecular weight is 419 g/mol. The Morgan fingerprint density at radius 3 is 2.67 bits per heavy atom. The van der Waals surface area contributed by atoms with Crippen molar-refractivity contribution in [2.24, 2.45) is 11.1 Å². The molecule has 0 amide bonds. The van der Waals surface area contributed by atoms with Gasteiger partial charge in [-0.15, -0.1) is 4.91 Å². The summed E-state index contributed by atoms with van der Waals surface area (Å²) < 4.78 is 10.4. The van der Waals surface area contributed by atoms with Crippen molar-refractivity contribution in [3.8, 4) is 11.8 Å². The molecule has 4 atom stereocenters. The molecule has 3 N–H and O–H groups in total. The number of ether oxygens (including phenoxy) is 2. The van der Waals surface area contributed by atoms with Gasteiger partial charge in [0.25, 0.3) is 5.54 Å². The molecule has 0 bridgehead atoms. The van der Waals surface area contributed by atoms with Crippen LogP contribution in [0.4, 0.5) is 0 Å². The van der Waals surface area contributed by atoms with Gasteiger partial charge in [-0.05, 0) is 56.0 Å². The van der Waals surface area contributed by atoms with Crippen LogP contribution in [0.5, 0.6) is 5.75 Å². The lowest BCUT2D eigenvalue weighted by Gasteiger charge is -2.35. The molecule has 9 heteroatoms. The molecule has 4 unspecified atom stereocenters. The van der Waals surface area contributed by atoms with E-state index >= 15 is 0 Å². The van der Waals surface area contributed by atoms with Gasteiger partial charge in [0, 0.05) is 18.0 Å². The summed E-state index contributed by atoms with van der Waals surface area (Å²) in [5.74, 6) is -1.73. The quantitative estimate of drug-likeness (QED) is 0.420. The van der Waals surface area contributed by atoms with Crippen LogP contribution in [-0.4, -0.2) is 59.7 Å². The van der Waals surface area contributed by atoms with Gasteiger partial charge in [0.05, 0.1) is 13.2 Å². The third-order valence-corrected chi connectivity index (χ3v) is 5.19. The van der Waals surface area contributed by atoms with E-state index in [1.807, 2.05) is 20.8 Å². The normalized spacial score (nSPS) is 21.5. The number of fused-ring (bicyclic) bond motifs is 1. The molecule has 30 heavy (non-hydrogen) atoms. The molecule has 0 saturated carbocycles. The van der Waals surface area contributed by atoms with Gasteiger partial charge in [0.2, 0.25) is 0 Å². The van der Waals surface area contributed by atoms with Crippen LogP contribution in [0.25, 0.3) is 0 Å². The standard InChI is InChI=1S/C21H29N3O6/c1-20(2,3)23-10-14(25)11-30-18-7-5-6-13-8-17(26)16(9-15(13)18)21(12-22,24-28)19(27)29-4/h5-7,14,16-17,23,25-26H,8-11H2,1-4H3. The van der Waals surface area contributed by atoms with Crippen molar-refractivity contribution in [1.82, 2.24) is 5.32 Å².